The molecule has 4 rings (SSSR count). The lowest BCUT2D eigenvalue weighted by Gasteiger charge is -2.10. The Morgan fingerprint density at radius 1 is 1.36 bits per heavy atom. The SMILES string of the molecule is COCc1nc(-c2cc(NC(=O)c3cnn4ccccc34)c(C)cc2F)n[nH]1. The quantitative estimate of drug-likeness (QED) is 0.555. The molecular weight excluding hydrogens is 363 g/mol. The van der Waals surface area contributed by atoms with Gasteiger partial charge in [-0.15, -0.1) is 0 Å². The van der Waals surface area contributed by atoms with Crippen LogP contribution < -0.4 is 5.32 Å². The lowest BCUT2D eigenvalue weighted by molar-refractivity contribution is 0.102. The topological polar surface area (TPSA) is 97.2 Å². The molecule has 0 atom stereocenters. The Bertz CT molecular complexity index is 1170. The Morgan fingerprint density at radius 2 is 2.21 bits per heavy atom. The number of carbonyl (C=O) groups is 1. The van der Waals surface area contributed by atoms with Gasteiger partial charge in [0.15, 0.2) is 11.6 Å². The highest BCUT2D eigenvalue weighted by Crippen LogP contribution is 2.27. The zero-order chi connectivity index (χ0) is 19.7. The van der Waals surface area contributed by atoms with E-state index >= 15 is 0 Å². The van der Waals surface area contributed by atoms with Gasteiger partial charge in [0.2, 0.25) is 0 Å². The fourth-order valence-corrected chi connectivity index (χ4v) is 2.89. The number of hydrogen-bond acceptors (Lipinski definition) is 5. The summed E-state index contributed by atoms with van der Waals surface area (Å²) in [5, 5.41) is 13.7. The number of aromatic nitrogens is 5. The maximum Gasteiger partial charge on any atom is 0.259 e. The molecule has 28 heavy (non-hydrogen) atoms. The Kier molecular flexibility index (Phi) is 4.58. The number of pyridine rings is 1. The molecule has 0 fully saturated rings. The number of anilines is 1. The van der Waals surface area contributed by atoms with Crippen LogP contribution in [0.4, 0.5) is 10.1 Å². The Balaban J connectivity index is 1.66. The smallest absolute Gasteiger partial charge is 0.259 e. The first kappa shape index (κ1) is 17.8. The highest BCUT2D eigenvalue weighted by atomic mass is 19.1. The first-order chi connectivity index (χ1) is 13.6. The number of ether oxygens (including phenoxy) is 1. The van der Waals surface area contributed by atoms with E-state index in [2.05, 4.69) is 25.6 Å². The summed E-state index contributed by atoms with van der Waals surface area (Å²) in [7, 11) is 1.53. The first-order valence-electron chi connectivity index (χ1n) is 8.51. The van der Waals surface area contributed by atoms with Crippen LogP contribution in [-0.4, -0.2) is 37.8 Å². The van der Waals surface area contributed by atoms with Crippen molar-refractivity contribution in [2.75, 3.05) is 12.4 Å². The number of amides is 1. The fraction of sp³-hybridized carbons (Fsp3) is 0.158. The van der Waals surface area contributed by atoms with E-state index in [9.17, 15) is 9.18 Å². The van der Waals surface area contributed by atoms with Gasteiger partial charge in [-0.1, -0.05) is 6.07 Å². The summed E-state index contributed by atoms with van der Waals surface area (Å²) in [6.07, 6.45) is 3.25. The van der Waals surface area contributed by atoms with Crippen LogP contribution in [0, 0.1) is 12.7 Å². The summed E-state index contributed by atoms with van der Waals surface area (Å²) in [4.78, 5) is 17.0. The molecule has 142 valence electrons. The number of halogens is 1. The molecule has 0 aliphatic heterocycles. The van der Waals surface area contributed by atoms with E-state index in [0.29, 0.717) is 28.2 Å². The van der Waals surface area contributed by atoms with Crippen molar-refractivity contribution in [1.29, 1.82) is 0 Å². The highest BCUT2D eigenvalue weighted by molar-refractivity contribution is 6.09. The van der Waals surface area contributed by atoms with Crippen LogP contribution in [0.3, 0.4) is 0 Å². The molecule has 0 aliphatic rings. The van der Waals surface area contributed by atoms with E-state index in [-0.39, 0.29) is 23.9 Å². The van der Waals surface area contributed by atoms with Crippen LogP contribution in [-0.2, 0) is 11.3 Å². The summed E-state index contributed by atoms with van der Waals surface area (Å²) in [5.74, 6) is -0.142. The number of H-pyrrole nitrogens is 1. The molecule has 1 amide bonds. The lowest BCUT2D eigenvalue weighted by Crippen LogP contribution is -2.13. The monoisotopic (exact) mass is 380 g/mol. The molecule has 2 N–H and O–H groups in total. The normalized spacial score (nSPS) is 11.1. The van der Waals surface area contributed by atoms with E-state index < -0.39 is 5.82 Å². The maximum atomic E-state index is 14.5. The summed E-state index contributed by atoms with van der Waals surface area (Å²) in [6, 6.07) is 8.32. The van der Waals surface area contributed by atoms with Gasteiger partial charge in [-0.2, -0.15) is 10.2 Å². The van der Waals surface area contributed by atoms with E-state index in [1.807, 2.05) is 12.1 Å². The van der Waals surface area contributed by atoms with Crippen molar-refractivity contribution in [2.45, 2.75) is 13.5 Å². The molecule has 9 heteroatoms. The Morgan fingerprint density at radius 3 is 3.04 bits per heavy atom. The predicted octanol–water partition coefficient (Wildman–Crippen LogP) is 2.97. The largest absolute Gasteiger partial charge is 0.377 e. The minimum atomic E-state index is -0.477. The molecule has 0 bridgehead atoms. The second-order valence-corrected chi connectivity index (χ2v) is 6.23. The van der Waals surface area contributed by atoms with Crippen molar-refractivity contribution in [2.24, 2.45) is 0 Å². The van der Waals surface area contributed by atoms with Crippen molar-refractivity contribution >= 4 is 17.1 Å². The third-order valence-corrected chi connectivity index (χ3v) is 4.29. The number of benzene rings is 1. The molecule has 4 aromatic rings. The molecule has 0 saturated carbocycles. The van der Waals surface area contributed by atoms with Crippen LogP contribution in [0.5, 0.6) is 0 Å². The molecule has 8 nitrogen and oxygen atoms in total. The van der Waals surface area contributed by atoms with Crippen LogP contribution >= 0.6 is 0 Å². The second kappa shape index (κ2) is 7.20. The van der Waals surface area contributed by atoms with Gasteiger partial charge in [0, 0.05) is 19.0 Å². The van der Waals surface area contributed by atoms with Crippen molar-refractivity contribution < 1.29 is 13.9 Å². The number of carbonyl (C=O) groups excluding carboxylic acids is 1. The molecule has 0 spiro atoms. The van der Waals surface area contributed by atoms with Crippen LogP contribution in [0.1, 0.15) is 21.7 Å². The summed E-state index contributed by atoms with van der Waals surface area (Å²) >= 11 is 0. The fourth-order valence-electron chi connectivity index (χ4n) is 2.89. The van der Waals surface area contributed by atoms with E-state index in [4.69, 9.17) is 4.74 Å². The lowest BCUT2D eigenvalue weighted by atomic mass is 10.1. The van der Waals surface area contributed by atoms with E-state index in [1.165, 1.54) is 25.4 Å². The average Bonchev–Trinajstić information content (AvgIpc) is 3.31. The van der Waals surface area contributed by atoms with Gasteiger partial charge < -0.3 is 10.1 Å². The van der Waals surface area contributed by atoms with Crippen LogP contribution in [0.15, 0.2) is 42.7 Å². The molecule has 1 aromatic carbocycles. The van der Waals surface area contributed by atoms with Crippen molar-refractivity contribution in [3.8, 4) is 11.4 Å². The van der Waals surface area contributed by atoms with Gasteiger partial charge in [-0.3, -0.25) is 9.89 Å². The Labute approximate surface area is 159 Å². The third kappa shape index (κ3) is 3.23. The number of aromatic amines is 1. The Hall–Kier alpha value is -3.59. The number of methoxy groups -OCH3 is 1. The average molecular weight is 380 g/mol. The van der Waals surface area contributed by atoms with Gasteiger partial charge in [0.05, 0.1) is 22.8 Å². The number of hydrogen-bond donors (Lipinski definition) is 2. The number of fused-ring (bicyclic) bond motifs is 1. The van der Waals surface area contributed by atoms with Gasteiger partial charge >= 0.3 is 0 Å². The van der Waals surface area contributed by atoms with E-state index in [0.717, 1.165) is 0 Å². The number of nitrogens with one attached hydrogen (secondary N) is 2. The van der Waals surface area contributed by atoms with Crippen molar-refractivity contribution in [3.63, 3.8) is 0 Å². The second-order valence-electron chi connectivity index (χ2n) is 6.23. The molecule has 0 saturated heterocycles. The van der Waals surface area contributed by atoms with Crippen LogP contribution in [0.25, 0.3) is 16.9 Å². The van der Waals surface area contributed by atoms with Crippen LogP contribution in [0.2, 0.25) is 0 Å². The standard InChI is InChI=1S/C19H17FN6O2/c1-11-7-14(20)12(18-23-17(10-28-2)24-25-18)8-15(11)22-19(27)13-9-21-26-6-4-3-5-16(13)26/h3-9H,10H2,1-2H3,(H,22,27)(H,23,24,25). The van der Waals surface area contributed by atoms with Crippen molar-refractivity contribution in [1.82, 2.24) is 24.8 Å². The van der Waals surface area contributed by atoms with Crippen molar-refractivity contribution in [3.05, 3.63) is 65.5 Å². The van der Waals surface area contributed by atoms with E-state index in [1.54, 1.807) is 23.7 Å². The summed E-state index contributed by atoms with van der Waals surface area (Å²) in [6.45, 7) is 1.95. The van der Waals surface area contributed by atoms with Gasteiger partial charge in [0.1, 0.15) is 12.4 Å². The minimum absolute atomic E-state index is 0.180. The first-order valence-corrected chi connectivity index (χ1v) is 8.51. The number of aryl methyl sites for hydroxylation is 1. The molecule has 0 unspecified atom stereocenters. The molecule has 3 heterocycles. The predicted molar refractivity (Wildman–Crippen MR) is 100 cm³/mol. The van der Waals surface area contributed by atoms with Gasteiger partial charge in [-0.25, -0.2) is 13.9 Å². The minimum Gasteiger partial charge on any atom is -0.377 e. The number of nitrogens with zero attached hydrogens (tertiary/aromatic N) is 4. The zero-order valence-electron chi connectivity index (χ0n) is 15.2. The van der Waals surface area contributed by atoms with Gasteiger partial charge in [-0.05, 0) is 36.8 Å². The highest BCUT2D eigenvalue weighted by Gasteiger charge is 2.17. The summed E-state index contributed by atoms with van der Waals surface area (Å²) < 4.78 is 21.1. The molecule has 0 aliphatic carbocycles. The maximum absolute atomic E-state index is 14.5. The molecule has 0 radical (unpaired) electrons. The van der Waals surface area contributed by atoms with Gasteiger partial charge in [0.25, 0.3) is 5.91 Å². The molecular formula is C19H17FN6O2. The zero-order valence-corrected chi connectivity index (χ0v) is 15.2. The molecule has 3 aromatic heterocycles. The summed E-state index contributed by atoms with van der Waals surface area (Å²) in [5.41, 5.74) is 2.33. The third-order valence-electron chi connectivity index (χ3n) is 4.29. The number of rotatable bonds is 5.